The highest BCUT2D eigenvalue weighted by atomic mass is 16.4. The summed E-state index contributed by atoms with van der Waals surface area (Å²) in [4.78, 5) is 47.4. The standard InChI is InChI=1S/C16H30N4O7/c1-7(2)5-11(19-14(24)10(17)6-21)15(25)18-8(3)13(23)20-12(9(4)22)16(26)27/h7-12,21-22H,5-6,17H2,1-4H3,(H,18,25)(H,19,24)(H,20,23)(H,26,27). The molecule has 0 rings (SSSR count). The molecule has 0 aliphatic heterocycles. The normalized spacial score (nSPS) is 16.6. The number of rotatable bonds is 11. The first-order valence-corrected chi connectivity index (χ1v) is 8.59. The first-order valence-electron chi connectivity index (χ1n) is 8.59. The Morgan fingerprint density at radius 1 is 0.926 bits per heavy atom. The molecular weight excluding hydrogens is 360 g/mol. The van der Waals surface area contributed by atoms with E-state index in [9.17, 15) is 24.3 Å². The maximum Gasteiger partial charge on any atom is 0.328 e. The second-order valence-electron chi connectivity index (χ2n) is 6.78. The number of aliphatic carboxylic acids is 1. The van der Waals surface area contributed by atoms with Crippen LogP contribution in [0.15, 0.2) is 0 Å². The van der Waals surface area contributed by atoms with Crippen molar-refractivity contribution >= 4 is 23.7 Å². The molecule has 0 aliphatic carbocycles. The van der Waals surface area contributed by atoms with Crippen molar-refractivity contribution in [2.24, 2.45) is 11.7 Å². The summed E-state index contributed by atoms with van der Waals surface area (Å²) >= 11 is 0. The second-order valence-corrected chi connectivity index (χ2v) is 6.78. The number of nitrogens with two attached hydrogens (primary N) is 1. The Hall–Kier alpha value is -2.24. The Kier molecular flexibility index (Phi) is 10.5. The van der Waals surface area contributed by atoms with Crippen LogP contribution in [0, 0.1) is 5.92 Å². The molecule has 8 N–H and O–H groups in total. The van der Waals surface area contributed by atoms with Crippen LogP contribution in [0.3, 0.4) is 0 Å². The molecule has 5 unspecified atom stereocenters. The zero-order valence-electron chi connectivity index (χ0n) is 15.9. The number of aliphatic hydroxyl groups is 2. The van der Waals surface area contributed by atoms with Gasteiger partial charge in [0.1, 0.15) is 18.1 Å². The number of carboxylic acid groups (broad SMARTS) is 1. The number of aliphatic hydroxyl groups excluding tert-OH is 2. The summed E-state index contributed by atoms with van der Waals surface area (Å²) in [5.74, 6) is -3.57. The van der Waals surface area contributed by atoms with E-state index in [2.05, 4.69) is 16.0 Å². The molecule has 3 amide bonds. The van der Waals surface area contributed by atoms with Crippen molar-refractivity contribution in [2.75, 3.05) is 6.61 Å². The van der Waals surface area contributed by atoms with Crippen LogP contribution in [0.1, 0.15) is 34.1 Å². The van der Waals surface area contributed by atoms with Gasteiger partial charge in [-0.25, -0.2) is 4.79 Å². The van der Waals surface area contributed by atoms with Crippen molar-refractivity contribution in [1.29, 1.82) is 0 Å². The molecule has 0 saturated carbocycles. The molecule has 27 heavy (non-hydrogen) atoms. The summed E-state index contributed by atoms with van der Waals surface area (Å²) in [5, 5.41) is 34.2. The van der Waals surface area contributed by atoms with Crippen molar-refractivity contribution < 1.29 is 34.5 Å². The van der Waals surface area contributed by atoms with Gasteiger partial charge in [-0.15, -0.1) is 0 Å². The van der Waals surface area contributed by atoms with Gasteiger partial charge in [0.15, 0.2) is 6.04 Å². The van der Waals surface area contributed by atoms with E-state index in [-0.39, 0.29) is 12.3 Å². The van der Waals surface area contributed by atoms with E-state index in [0.29, 0.717) is 0 Å². The van der Waals surface area contributed by atoms with Gasteiger partial charge in [-0.3, -0.25) is 14.4 Å². The van der Waals surface area contributed by atoms with Crippen molar-refractivity contribution in [1.82, 2.24) is 16.0 Å². The number of carbonyl (C=O) groups is 4. The maximum atomic E-state index is 12.4. The Balaban J connectivity index is 5.00. The third-order valence-corrected chi connectivity index (χ3v) is 3.67. The fourth-order valence-corrected chi connectivity index (χ4v) is 2.11. The molecular formula is C16H30N4O7. The Morgan fingerprint density at radius 2 is 1.48 bits per heavy atom. The van der Waals surface area contributed by atoms with Crippen LogP contribution in [-0.4, -0.2) is 75.9 Å². The lowest BCUT2D eigenvalue weighted by molar-refractivity contribution is -0.145. The summed E-state index contributed by atoms with van der Waals surface area (Å²) in [7, 11) is 0. The number of carbonyl (C=O) groups excluding carboxylic acids is 3. The first kappa shape index (κ1) is 24.8. The molecule has 0 aromatic rings. The number of hydrogen-bond donors (Lipinski definition) is 7. The van der Waals surface area contributed by atoms with E-state index in [1.165, 1.54) is 13.8 Å². The minimum atomic E-state index is -1.52. The van der Waals surface area contributed by atoms with Crippen LogP contribution in [0.4, 0.5) is 0 Å². The molecule has 5 atom stereocenters. The molecule has 0 aliphatic rings. The monoisotopic (exact) mass is 390 g/mol. The van der Waals surface area contributed by atoms with Gasteiger partial charge in [0.05, 0.1) is 12.7 Å². The van der Waals surface area contributed by atoms with Gasteiger partial charge in [-0.05, 0) is 26.2 Å². The molecule has 11 heteroatoms. The largest absolute Gasteiger partial charge is 0.480 e. The van der Waals surface area contributed by atoms with Gasteiger partial charge in [0.25, 0.3) is 0 Å². The molecule has 0 heterocycles. The summed E-state index contributed by atoms with van der Waals surface area (Å²) < 4.78 is 0. The van der Waals surface area contributed by atoms with Crippen LogP contribution < -0.4 is 21.7 Å². The quantitative estimate of drug-likeness (QED) is 0.198. The Bertz CT molecular complexity index is 539. The maximum absolute atomic E-state index is 12.4. The Labute approximate surface area is 157 Å². The van der Waals surface area contributed by atoms with E-state index >= 15 is 0 Å². The number of amides is 3. The molecule has 0 saturated heterocycles. The van der Waals surface area contributed by atoms with Gasteiger partial charge >= 0.3 is 5.97 Å². The fourth-order valence-electron chi connectivity index (χ4n) is 2.11. The van der Waals surface area contributed by atoms with Gasteiger partial charge < -0.3 is 37.0 Å². The van der Waals surface area contributed by atoms with E-state index in [1.54, 1.807) is 0 Å². The van der Waals surface area contributed by atoms with E-state index in [0.717, 1.165) is 0 Å². The third kappa shape index (κ3) is 8.80. The molecule has 0 aromatic carbocycles. The zero-order chi connectivity index (χ0) is 21.3. The highest BCUT2D eigenvalue weighted by Gasteiger charge is 2.30. The number of nitrogens with one attached hydrogen (secondary N) is 3. The van der Waals surface area contributed by atoms with Crippen LogP contribution >= 0.6 is 0 Å². The highest BCUT2D eigenvalue weighted by Crippen LogP contribution is 2.06. The van der Waals surface area contributed by atoms with Crippen LogP contribution in [-0.2, 0) is 19.2 Å². The minimum absolute atomic E-state index is 0.0298. The van der Waals surface area contributed by atoms with Crippen molar-refractivity contribution in [3.63, 3.8) is 0 Å². The zero-order valence-corrected chi connectivity index (χ0v) is 15.9. The predicted molar refractivity (Wildman–Crippen MR) is 95.3 cm³/mol. The fraction of sp³-hybridized carbons (Fsp3) is 0.750. The van der Waals surface area contributed by atoms with E-state index in [1.807, 2.05) is 13.8 Å². The van der Waals surface area contributed by atoms with Crippen LogP contribution in [0.25, 0.3) is 0 Å². The lowest BCUT2D eigenvalue weighted by atomic mass is 10.0. The van der Waals surface area contributed by atoms with Gasteiger partial charge in [-0.1, -0.05) is 13.8 Å². The molecule has 0 aromatic heterocycles. The second kappa shape index (κ2) is 11.5. The topological polar surface area (TPSA) is 191 Å². The van der Waals surface area contributed by atoms with Crippen LogP contribution in [0.5, 0.6) is 0 Å². The first-order chi connectivity index (χ1) is 12.4. The average molecular weight is 390 g/mol. The smallest absolute Gasteiger partial charge is 0.328 e. The molecule has 156 valence electrons. The highest BCUT2D eigenvalue weighted by molar-refractivity contribution is 5.93. The lowest BCUT2D eigenvalue weighted by Gasteiger charge is -2.24. The van der Waals surface area contributed by atoms with Crippen molar-refractivity contribution in [3.05, 3.63) is 0 Å². The molecule has 0 bridgehead atoms. The summed E-state index contributed by atoms with van der Waals surface area (Å²) in [5.41, 5.74) is 5.42. The summed E-state index contributed by atoms with van der Waals surface area (Å²) in [6.07, 6.45) is -1.07. The Morgan fingerprint density at radius 3 is 1.89 bits per heavy atom. The van der Waals surface area contributed by atoms with E-state index in [4.69, 9.17) is 15.9 Å². The van der Waals surface area contributed by atoms with Gasteiger partial charge in [-0.2, -0.15) is 0 Å². The molecule has 0 radical (unpaired) electrons. The average Bonchev–Trinajstić information content (AvgIpc) is 2.56. The third-order valence-electron chi connectivity index (χ3n) is 3.67. The number of hydrogen-bond acceptors (Lipinski definition) is 7. The van der Waals surface area contributed by atoms with Gasteiger partial charge in [0.2, 0.25) is 17.7 Å². The van der Waals surface area contributed by atoms with Gasteiger partial charge in [0, 0.05) is 0 Å². The molecule has 11 nitrogen and oxygen atoms in total. The summed E-state index contributed by atoms with van der Waals surface area (Å²) in [6.45, 7) is 5.61. The lowest BCUT2D eigenvalue weighted by Crippen LogP contribution is -2.57. The minimum Gasteiger partial charge on any atom is -0.480 e. The molecule has 0 spiro atoms. The van der Waals surface area contributed by atoms with E-state index < -0.39 is 60.6 Å². The summed E-state index contributed by atoms with van der Waals surface area (Å²) in [6, 6.07) is -4.81. The van der Waals surface area contributed by atoms with Crippen LogP contribution in [0.2, 0.25) is 0 Å². The van der Waals surface area contributed by atoms with Crippen molar-refractivity contribution in [2.45, 2.75) is 64.4 Å². The predicted octanol–water partition coefficient (Wildman–Crippen LogP) is -2.71. The number of carboxylic acids is 1. The SMILES string of the molecule is CC(C)CC(NC(=O)C(N)CO)C(=O)NC(C)C(=O)NC(C(=O)O)C(C)O. The van der Waals surface area contributed by atoms with Crippen molar-refractivity contribution in [3.8, 4) is 0 Å². The molecule has 0 fully saturated rings.